The van der Waals surface area contributed by atoms with Gasteiger partial charge in [0.05, 0.1) is 106 Å². The van der Waals surface area contributed by atoms with Gasteiger partial charge < -0.3 is 57.2 Å². The SMILES string of the molecule is CCCCCCCCCCCC1(CCCCCCCCCCC)OC(C(=O)OCC)C(C(=O)OCCOCCOCCOCCOCCOCCOCCOCCO)O1. The highest BCUT2D eigenvalue weighted by molar-refractivity contribution is 5.86. The van der Waals surface area contributed by atoms with E-state index < -0.39 is 29.9 Å². The van der Waals surface area contributed by atoms with Crippen molar-refractivity contribution in [2.24, 2.45) is 0 Å². The Hall–Kier alpha value is -1.46. The largest absolute Gasteiger partial charge is 0.464 e. The first-order valence-electron chi connectivity index (χ1n) is 23.4. The summed E-state index contributed by atoms with van der Waals surface area (Å²) < 4.78 is 61.8. The first-order valence-corrected chi connectivity index (χ1v) is 23.4. The van der Waals surface area contributed by atoms with Crippen LogP contribution in [-0.4, -0.2) is 147 Å². The van der Waals surface area contributed by atoms with Crippen molar-refractivity contribution in [3.05, 3.63) is 0 Å². The molecule has 1 heterocycles. The highest BCUT2D eigenvalue weighted by atomic mass is 16.8. The van der Waals surface area contributed by atoms with Crippen LogP contribution in [0.2, 0.25) is 0 Å². The summed E-state index contributed by atoms with van der Waals surface area (Å²) in [5.41, 5.74) is 0. The zero-order valence-corrected chi connectivity index (χ0v) is 37.6. The lowest BCUT2D eigenvalue weighted by molar-refractivity contribution is -0.198. The number of unbranched alkanes of at least 4 members (excludes halogenated alkanes) is 16. The summed E-state index contributed by atoms with van der Waals surface area (Å²) in [5.74, 6) is -2.25. The van der Waals surface area contributed by atoms with E-state index in [-0.39, 0.29) is 26.4 Å². The van der Waals surface area contributed by atoms with E-state index in [0.29, 0.717) is 98.7 Å². The van der Waals surface area contributed by atoms with Gasteiger partial charge in [0, 0.05) is 12.8 Å². The van der Waals surface area contributed by atoms with Crippen molar-refractivity contribution in [3.8, 4) is 0 Å². The van der Waals surface area contributed by atoms with E-state index in [2.05, 4.69) is 13.8 Å². The molecule has 1 saturated heterocycles. The van der Waals surface area contributed by atoms with Gasteiger partial charge in [-0.05, 0) is 19.8 Å². The zero-order valence-electron chi connectivity index (χ0n) is 37.6. The summed E-state index contributed by atoms with van der Waals surface area (Å²) in [4.78, 5) is 26.4. The van der Waals surface area contributed by atoms with Gasteiger partial charge >= 0.3 is 11.9 Å². The fourth-order valence-electron chi connectivity index (χ4n) is 6.72. The number of aliphatic hydroxyl groups is 1. The number of ether oxygens (including phenoxy) is 11. The molecular formula is C45H86O14. The Morgan fingerprint density at radius 1 is 0.407 bits per heavy atom. The number of esters is 2. The molecule has 2 atom stereocenters. The first kappa shape index (κ1) is 55.6. The van der Waals surface area contributed by atoms with E-state index in [1.54, 1.807) is 6.92 Å². The van der Waals surface area contributed by atoms with Crippen LogP contribution in [0.3, 0.4) is 0 Å². The Morgan fingerprint density at radius 3 is 1.02 bits per heavy atom. The van der Waals surface area contributed by atoms with Gasteiger partial charge in [-0.2, -0.15) is 0 Å². The third kappa shape index (κ3) is 32.0. The average Bonchev–Trinajstić information content (AvgIpc) is 3.63. The van der Waals surface area contributed by atoms with E-state index in [0.717, 1.165) is 38.5 Å². The predicted molar refractivity (Wildman–Crippen MR) is 227 cm³/mol. The molecule has 2 unspecified atom stereocenters. The van der Waals surface area contributed by atoms with Gasteiger partial charge in [-0.3, -0.25) is 0 Å². The van der Waals surface area contributed by atoms with Crippen molar-refractivity contribution < 1.29 is 66.8 Å². The van der Waals surface area contributed by atoms with E-state index in [1.165, 1.54) is 77.0 Å². The van der Waals surface area contributed by atoms with E-state index in [1.807, 2.05) is 0 Å². The van der Waals surface area contributed by atoms with Crippen LogP contribution in [0.5, 0.6) is 0 Å². The quantitative estimate of drug-likeness (QED) is 0.0474. The standard InChI is InChI=1S/C45H86O14/c1-4-7-9-11-13-15-17-19-21-23-45(24-22-20-18-16-14-12-10-8-5-2)58-41(43(47)56-6-3)42(59-45)44(48)57-40-39-55-38-37-54-36-35-53-34-33-52-32-31-51-30-29-50-28-27-49-26-25-46/h41-42,46H,4-40H2,1-3H3. The van der Waals surface area contributed by atoms with Gasteiger partial charge in [-0.15, -0.1) is 0 Å². The Balaban J connectivity index is 2.34. The molecular weight excluding hydrogens is 764 g/mol. The van der Waals surface area contributed by atoms with Gasteiger partial charge in [0.15, 0.2) is 18.0 Å². The molecule has 350 valence electrons. The smallest absolute Gasteiger partial charge is 0.338 e. The van der Waals surface area contributed by atoms with Crippen LogP contribution in [0.15, 0.2) is 0 Å². The molecule has 1 aliphatic rings. The number of carbonyl (C=O) groups excluding carboxylic acids is 2. The number of rotatable bonds is 46. The van der Waals surface area contributed by atoms with Crippen LogP contribution in [0, 0.1) is 0 Å². The number of aliphatic hydroxyl groups excluding tert-OH is 1. The maximum absolute atomic E-state index is 13.4. The van der Waals surface area contributed by atoms with Crippen molar-refractivity contribution in [1.29, 1.82) is 0 Å². The van der Waals surface area contributed by atoms with Crippen LogP contribution in [-0.2, 0) is 61.7 Å². The van der Waals surface area contributed by atoms with E-state index >= 15 is 0 Å². The van der Waals surface area contributed by atoms with Gasteiger partial charge in [-0.25, -0.2) is 9.59 Å². The van der Waals surface area contributed by atoms with E-state index in [9.17, 15) is 9.59 Å². The molecule has 0 aromatic rings. The second kappa shape index (κ2) is 41.9. The first-order chi connectivity index (χ1) is 29.0. The monoisotopic (exact) mass is 851 g/mol. The zero-order chi connectivity index (χ0) is 42.8. The molecule has 0 aromatic heterocycles. The Morgan fingerprint density at radius 2 is 0.695 bits per heavy atom. The number of hydrogen-bond donors (Lipinski definition) is 1. The van der Waals surface area contributed by atoms with Crippen LogP contribution >= 0.6 is 0 Å². The molecule has 0 amide bonds. The Labute approximate surface area is 357 Å². The summed E-state index contributed by atoms with van der Waals surface area (Å²) in [6, 6.07) is 0. The van der Waals surface area contributed by atoms with Gasteiger partial charge in [0.25, 0.3) is 0 Å². The Bertz CT molecular complexity index is 903. The summed E-state index contributed by atoms with van der Waals surface area (Å²) in [6.45, 7) is 12.2. The third-order valence-electron chi connectivity index (χ3n) is 9.97. The molecule has 0 aromatic carbocycles. The van der Waals surface area contributed by atoms with Crippen molar-refractivity contribution in [2.75, 3.05) is 112 Å². The van der Waals surface area contributed by atoms with Crippen LogP contribution in [0.4, 0.5) is 0 Å². The van der Waals surface area contributed by atoms with Gasteiger partial charge in [0.1, 0.15) is 6.61 Å². The molecule has 1 rings (SSSR count). The molecule has 1 N–H and O–H groups in total. The molecule has 14 nitrogen and oxygen atoms in total. The third-order valence-corrected chi connectivity index (χ3v) is 9.97. The fourth-order valence-corrected chi connectivity index (χ4v) is 6.72. The molecule has 0 spiro atoms. The summed E-state index contributed by atoms with van der Waals surface area (Å²) in [7, 11) is 0. The van der Waals surface area contributed by atoms with Crippen LogP contribution in [0.1, 0.15) is 149 Å². The predicted octanol–water partition coefficient (Wildman–Crippen LogP) is 7.52. The molecule has 0 bridgehead atoms. The minimum Gasteiger partial charge on any atom is -0.464 e. The summed E-state index contributed by atoms with van der Waals surface area (Å²) >= 11 is 0. The number of hydrogen-bond acceptors (Lipinski definition) is 14. The minimum atomic E-state index is -1.19. The normalized spacial score (nSPS) is 16.2. The number of carbonyl (C=O) groups is 2. The molecule has 1 fully saturated rings. The Kier molecular flexibility index (Phi) is 39.4. The lowest BCUT2D eigenvalue weighted by atomic mass is 9.98. The minimum absolute atomic E-state index is 0.0124. The summed E-state index contributed by atoms with van der Waals surface area (Å²) in [6.07, 6.45) is 20.4. The van der Waals surface area contributed by atoms with Gasteiger partial charge in [0.2, 0.25) is 0 Å². The van der Waals surface area contributed by atoms with Crippen molar-refractivity contribution in [3.63, 3.8) is 0 Å². The van der Waals surface area contributed by atoms with Gasteiger partial charge in [-0.1, -0.05) is 117 Å². The highest BCUT2D eigenvalue weighted by Gasteiger charge is 2.54. The van der Waals surface area contributed by atoms with Crippen LogP contribution < -0.4 is 0 Å². The van der Waals surface area contributed by atoms with Crippen molar-refractivity contribution in [2.45, 2.75) is 167 Å². The van der Waals surface area contributed by atoms with Crippen LogP contribution in [0.25, 0.3) is 0 Å². The highest BCUT2D eigenvalue weighted by Crippen LogP contribution is 2.39. The molecule has 0 aliphatic carbocycles. The lowest BCUT2D eigenvalue weighted by Crippen LogP contribution is -2.39. The molecule has 59 heavy (non-hydrogen) atoms. The molecule has 0 saturated carbocycles. The van der Waals surface area contributed by atoms with E-state index in [4.69, 9.17) is 57.2 Å². The average molecular weight is 851 g/mol. The topological polar surface area (TPSA) is 156 Å². The fraction of sp³-hybridized carbons (Fsp3) is 0.956. The maximum Gasteiger partial charge on any atom is 0.338 e. The van der Waals surface area contributed by atoms with Crippen molar-refractivity contribution in [1.82, 2.24) is 0 Å². The van der Waals surface area contributed by atoms with Crippen molar-refractivity contribution >= 4 is 11.9 Å². The lowest BCUT2D eigenvalue weighted by Gasteiger charge is -2.28. The molecule has 0 radical (unpaired) electrons. The second-order valence-corrected chi connectivity index (χ2v) is 15.1. The maximum atomic E-state index is 13.4. The molecule has 1 aliphatic heterocycles. The summed E-state index contributed by atoms with van der Waals surface area (Å²) in [5, 5.41) is 8.63. The molecule has 14 heteroatoms. The second-order valence-electron chi connectivity index (χ2n) is 15.1.